The number of thioether (sulfide) groups is 1. The molecule has 0 fully saturated rings. The van der Waals surface area contributed by atoms with E-state index in [0.717, 1.165) is 22.6 Å². The van der Waals surface area contributed by atoms with Crippen molar-refractivity contribution in [3.8, 4) is 0 Å². The molecule has 1 unspecified atom stereocenters. The van der Waals surface area contributed by atoms with Crippen LogP contribution in [0.25, 0.3) is 11.0 Å². The van der Waals surface area contributed by atoms with E-state index in [4.69, 9.17) is 4.74 Å². The van der Waals surface area contributed by atoms with E-state index < -0.39 is 0 Å². The fourth-order valence-electron chi connectivity index (χ4n) is 1.52. The van der Waals surface area contributed by atoms with Gasteiger partial charge in [-0.05, 0) is 25.5 Å². The highest BCUT2D eigenvalue weighted by Gasteiger charge is 2.17. The largest absolute Gasteiger partial charge is 0.465 e. The number of hydrogen-bond acceptors (Lipinski definition) is 4. The number of hydrogen-bond donors (Lipinski definition) is 1. The van der Waals surface area contributed by atoms with Gasteiger partial charge in [0.25, 0.3) is 0 Å². The number of nitrogens with one attached hydrogen (secondary N) is 1. The molecule has 18 heavy (non-hydrogen) atoms. The molecule has 1 heterocycles. The van der Waals surface area contributed by atoms with E-state index in [9.17, 15) is 4.79 Å². The lowest BCUT2D eigenvalue weighted by Crippen LogP contribution is -2.17. The highest BCUT2D eigenvalue weighted by atomic mass is 32.2. The third-order valence-corrected chi connectivity index (χ3v) is 3.40. The highest BCUT2D eigenvalue weighted by molar-refractivity contribution is 8.00. The number of benzene rings is 1. The molecule has 0 bridgehead atoms. The quantitative estimate of drug-likeness (QED) is 0.666. The average molecular weight is 264 g/mol. The number of imidazole rings is 1. The molecule has 0 amide bonds. The number of ether oxygens (including phenoxy) is 1. The van der Waals surface area contributed by atoms with Gasteiger partial charge in [-0.15, -0.1) is 0 Å². The summed E-state index contributed by atoms with van der Waals surface area (Å²) in [5.74, 6) is -0.192. The zero-order valence-corrected chi connectivity index (χ0v) is 11.3. The number of aromatic nitrogens is 2. The first-order chi connectivity index (χ1) is 8.70. The molecule has 5 heteroatoms. The first-order valence-corrected chi connectivity index (χ1v) is 6.86. The van der Waals surface area contributed by atoms with E-state index >= 15 is 0 Å². The Morgan fingerprint density at radius 3 is 3.00 bits per heavy atom. The van der Waals surface area contributed by atoms with Crippen molar-refractivity contribution < 1.29 is 9.53 Å². The maximum atomic E-state index is 11.6. The molecule has 0 saturated heterocycles. The molecule has 1 aromatic carbocycles. The summed E-state index contributed by atoms with van der Waals surface area (Å²) in [6.45, 7) is 4.28. The van der Waals surface area contributed by atoms with Gasteiger partial charge in [0.15, 0.2) is 5.16 Å². The Morgan fingerprint density at radius 2 is 2.28 bits per heavy atom. The molecular weight excluding hydrogens is 248 g/mol. The van der Waals surface area contributed by atoms with Crippen molar-refractivity contribution in [2.45, 2.75) is 30.7 Å². The minimum atomic E-state index is -0.253. The molecule has 1 N–H and O–H groups in total. The normalized spacial score (nSPS) is 12.6. The lowest BCUT2D eigenvalue weighted by Gasteiger charge is -2.08. The van der Waals surface area contributed by atoms with E-state index in [-0.39, 0.29) is 11.2 Å². The monoisotopic (exact) mass is 264 g/mol. The average Bonchev–Trinajstić information content (AvgIpc) is 2.77. The molecule has 1 aromatic heterocycles. The summed E-state index contributed by atoms with van der Waals surface area (Å²) < 4.78 is 5.10. The van der Waals surface area contributed by atoms with Gasteiger partial charge in [0, 0.05) is 0 Å². The van der Waals surface area contributed by atoms with Crippen LogP contribution in [0.4, 0.5) is 0 Å². The maximum absolute atomic E-state index is 11.6. The number of carbonyl (C=O) groups excluding carboxylic acids is 1. The van der Waals surface area contributed by atoms with Crippen LogP contribution in [0.1, 0.15) is 20.3 Å². The van der Waals surface area contributed by atoms with Crippen LogP contribution in [0.3, 0.4) is 0 Å². The van der Waals surface area contributed by atoms with Crippen molar-refractivity contribution in [1.29, 1.82) is 0 Å². The molecule has 2 rings (SSSR count). The van der Waals surface area contributed by atoms with Crippen LogP contribution in [-0.2, 0) is 9.53 Å². The van der Waals surface area contributed by atoms with Gasteiger partial charge in [0.05, 0.1) is 17.6 Å². The van der Waals surface area contributed by atoms with E-state index in [0.29, 0.717) is 6.61 Å². The van der Waals surface area contributed by atoms with Crippen LogP contribution in [0.5, 0.6) is 0 Å². The minimum absolute atomic E-state index is 0.192. The van der Waals surface area contributed by atoms with Crippen molar-refractivity contribution >= 4 is 28.8 Å². The third-order valence-electron chi connectivity index (χ3n) is 2.44. The van der Waals surface area contributed by atoms with Gasteiger partial charge in [-0.25, -0.2) is 4.98 Å². The molecular formula is C13H16N2O2S. The van der Waals surface area contributed by atoms with Crippen molar-refractivity contribution in [1.82, 2.24) is 9.97 Å². The van der Waals surface area contributed by atoms with Crippen LogP contribution >= 0.6 is 11.8 Å². The number of carbonyl (C=O) groups is 1. The topological polar surface area (TPSA) is 55.0 Å². The first kappa shape index (κ1) is 13.0. The van der Waals surface area contributed by atoms with E-state index in [2.05, 4.69) is 9.97 Å². The van der Waals surface area contributed by atoms with Gasteiger partial charge in [-0.2, -0.15) is 0 Å². The van der Waals surface area contributed by atoms with Gasteiger partial charge >= 0.3 is 5.97 Å². The fraction of sp³-hybridized carbons (Fsp3) is 0.385. The van der Waals surface area contributed by atoms with Gasteiger partial charge in [-0.1, -0.05) is 30.8 Å². The molecule has 96 valence electrons. The Bertz CT molecular complexity index is 506. The molecule has 0 aliphatic heterocycles. The minimum Gasteiger partial charge on any atom is -0.465 e. The van der Waals surface area contributed by atoms with Crippen LogP contribution in [0.15, 0.2) is 29.4 Å². The second kappa shape index (κ2) is 5.91. The van der Waals surface area contributed by atoms with E-state index in [1.54, 1.807) is 0 Å². The number of para-hydroxylation sites is 2. The molecule has 2 aromatic rings. The summed E-state index contributed by atoms with van der Waals surface area (Å²) in [7, 11) is 0. The highest BCUT2D eigenvalue weighted by Crippen LogP contribution is 2.23. The maximum Gasteiger partial charge on any atom is 0.319 e. The summed E-state index contributed by atoms with van der Waals surface area (Å²) in [5, 5.41) is 0.495. The second-order valence-corrected chi connectivity index (χ2v) is 5.32. The summed E-state index contributed by atoms with van der Waals surface area (Å²) in [6.07, 6.45) is 0.841. The van der Waals surface area contributed by atoms with Gasteiger partial charge in [0.2, 0.25) is 0 Å². The zero-order chi connectivity index (χ0) is 13.0. The Labute approximate surface area is 110 Å². The predicted molar refractivity (Wildman–Crippen MR) is 72.7 cm³/mol. The second-order valence-electron chi connectivity index (χ2n) is 3.99. The van der Waals surface area contributed by atoms with E-state index in [1.165, 1.54) is 11.8 Å². The summed E-state index contributed by atoms with van der Waals surface area (Å²) in [4.78, 5) is 19.2. The van der Waals surface area contributed by atoms with Gasteiger partial charge in [0.1, 0.15) is 5.25 Å². The smallest absolute Gasteiger partial charge is 0.319 e. The summed E-state index contributed by atoms with van der Waals surface area (Å²) in [6, 6.07) is 7.80. The predicted octanol–water partition coefficient (Wildman–Crippen LogP) is 3.00. The fourth-order valence-corrected chi connectivity index (χ4v) is 2.34. The van der Waals surface area contributed by atoms with Gasteiger partial charge < -0.3 is 9.72 Å². The Balaban J connectivity index is 2.02. The molecule has 0 aliphatic carbocycles. The number of esters is 1. The Hall–Kier alpha value is -1.49. The molecule has 0 spiro atoms. The summed E-state index contributed by atoms with van der Waals surface area (Å²) >= 11 is 1.39. The SMILES string of the molecule is CCCOC(=O)C(C)Sc1nc2ccccc2[nH]1. The van der Waals surface area contributed by atoms with Crippen molar-refractivity contribution in [2.24, 2.45) is 0 Å². The number of rotatable bonds is 5. The molecule has 4 nitrogen and oxygen atoms in total. The van der Waals surface area contributed by atoms with Gasteiger partial charge in [-0.3, -0.25) is 4.79 Å². The molecule has 0 radical (unpaired) electrons. The van der Waals surface area contributed by atoms with Crippen molar-refractivity contribution in [3.63, 3.8) is 0 Å². The van der Waals surface area contributed by atoms with Crippen LogP contribution in [0, 0.1) is 0 Å². The number of fused-ring (bicyclic) bond motifs is 1. The third kappa shape index (κ3) is 3.04. The Morgan fingerprint density at radius 1 is 1.50 bits per heavy atom. The summed E-state index contributed by atoms with van der Waals surface area (Å²) in [5.41, 5.74) is 1.89. The van der Waals surface area contributed by atoms with Crippen molar-refractivity contribution in [3.05, 3.63) is 24.3 Å². The number of H-pyrrole nitrogens is 1. The molecule has 0 saturated carbocycles. The molecule has 1 atom stereocenters. The first-order valence-electron chi connectivity index (χ1n) is 5.98. The number of nitrogens with zero attached hydrogens (tertiary/aromatic N) is 1. The van der Waals surface area contributed by atoms with E-state index in [1.807, 2.05) is 38.1 Å². The van der Waals surface area contributed by atoms with Crippen LogP contribution in [-0.4, -0.2) is 27.8 Å². The Kier molecular flexibility index (Phi) is 4.25. The lowest BCUT2D eigenvalue weighted by atomic mass is 10.3. The zero-order valence-electron chi connectivity index (χ0n) is 10.5. The van der Waals surface area contributed by atoms with Crippen molar-refractivity contribution in [2.75, 3.05) is 6.61 Å². The number of aromatic amines is 1. The standard InChI is InChI=1S/C13H16N2O2S/c1-3-8-17-12(16)9(2)18-13-14-10-6-4-5-7-11(10)15-13/h4-7,9H,3,8H2,1-2H3,(H,14,15). The van der Waals surface area contributed by atoms with Crippen LogP contribution in [0.2, 0.25) is 0 Å². The molecule has 0 aliphatic rings. The lowest BCUT2D eigenvalue weighted by molar-refractivity contribution is -0.142. The van der Waals surface area contributed by atoms with Crippen LogP contribution < -0.4 is 0 Å².